The number of carbonyl (C=O) groups excluding carboxylic acids is 1. The standard InChI is InChI=1S/C19H24N2O5S/c1-14-6-5-7-17(12-14)27(23,24)20-10-11-21(15(2)22)18-9-8-16(25-3)13-19(18)26-4/h5-9,12-13,20H,10-11H2,1-4H3. The van der Waals surface area contributed by atoms with Crippen molar-refractivity contribution in [2.75, 3.05) is 32.2 Å². The summed E-state index contributed by atoms with van der Waals surface area (Å²) in [6, 6.07) is 11.7. The monoisotopic (exact) mass is 392 g/mol. The Hall–Kier alpha value is -2.58. The number of carbonyl (C=O) groups is 1. The van der Waals surface area contributed by atoms with Crippen LogP contribution in [0, 0.1) is 6.92 Å². The van der Waals surface area contributed by atoms with Crippen molar-refractivity contribution < 1.29 is 22.7 Å². The van der Waals surface area contributed by atoms with Gasteiger partial charge < -0.3 is 14.4 Å². The predicted molar refractivity (Wildman–Crippen MR) is 104 cm³/mol. The van der Waals surface area contributed by atoms with E-state index in [-0.39, 0.29) is 23.9 Å². The Bertz CT molecular complexity index is 912. The SMILES string of the molecule is COc1ccc(N(CCNS(=O)(=O)c2cccc(C)c2)C(C)=O)c(OC)c1. The number of hydrogen-bond acceptors (Lipinski definition) is 5. The summed E-state index contributed by atoms with van der Waals surface area (Å²) in [7, 11) is -0.616. The molecule has 7 nitrogen and oxygen atoms in total. The van der Waals surface area contributed by atoms with Crippen LogP contribution in [0.3, 0.4) is 0 Å². The normalized spacial score (nSPS) is 11.1. The van der Waals surface area contributed by atoms with Gasteiger partial charge >= 0.3 is 0 Å². The minimum absolute atomic E-state index is 0.0606. The Labute approximate surface area is 160 Å². The van der Waals surface area contributed by atoms with Gasteiger partial charge in [-0.3, -0.25) is 4.79 Å². The number of hydrogen-bond donors (Lipinski definition) is 1. The van der Waals surface area contributed by atoms with Crippen LogP contribution < -0.4 is 19.1 Å². The van der Waals surface area contributed by atoms with Crippen LogP contribution in [-0.2, 0) is 14.8 Å². The molecule has 1 amide bonds. The summed E-state index contributed by atoms with van der Waals surface area (Å²) in [5.41, 5.74) is 1.40. The Balaban J connectivity index is 2.15. The Morgan fingerprint density at radius 1 is 1.11 bits per heavy atom. The van der Waals surface area contributed by atoms with E-state index in [1.165, 1.54) is 32.1 Å². The molecule has 0 heterocycles. The number of anilines is 1. The molecule has 146 valence electrons. The molecule has 0 bridgehead atoms. The molecular formula is C19H24N2O5S. The van der Waals surface area contributed by atoms with E-state index < -0.39 is 10.0 Å². The summed E-state index contributed by atoms with van der Waals surface area (Å²) in [4.78, 5) is 13.7. The van der Waals surface area contributed by atoms with Gasteiger partial charge in [-0.25, -0.2) is 13.1 Å². The summed E-state index contributed by atoms with van der Waals surface area (Å²) in [6.45, 7) is 3.46. The molecule has 0 radical (unpaired) electrons. The largest absolute Gasteiger partial charge is 0.497 e. The summed E-state index contributed by atoms with van der Waals surface area (Å²) in [5.74, 6) is 0.832. The van der Waals surface area contributed by atoms with Gasteiger partial charge in [0.05, 0.1) is 24.8 Å². The van der Waals surface area contributed by atoms with Crippen molar-refractivity contribution in [1.29, 1.82) is 0 Å². The Kier molecular flexibility index (Phi) is 6.81. The van der Waals surface area contributed by atoms with E-state index in [0.29, 0.717) is 17.2 Å². The topological polar surface area (TPSA) is 84.9 Å². The molecule has 2 aromatic rings. The Morgan fingerprint density at radius 2 is 1.85 bits per heavy atom. The van der Waals surface area contributed by atoms with Gasteiger partial charge in [0, 0.05) is 26.1 Å². The lowest BCUT2D eigenvalue weighted by Crippen LogP contribution is -2.37. The van der Waals surface area contributed by atoms with Crippen molar-refractivity contribution in [3.63, 3.8) is 0 Å². The smallest absolute Gasteiger partial charge is 0.240 e. The third kappa shape index (κ3) is 5.21. The molecule has 0 aromatic heterocycles. The summed E-state index contributed by atoms with van der Waals surface area (Å²) in [6.07, 6.45) is 0. The lowest BCUT2D eigenvalue weighted by Gasteiger charge is -2.23. The van der Waals surface area contributed by atoms with Crippen LogP contribution in [0.1, 0.15) is 12.5 Å². The van der Waals surface area contributed by atoms with Crippen LogP contribution >= 0.6 is 0 Å². The molecule has 8 heteroatoms. The first kappa shape index (κ1) is 20.7. The number of sulfonamides is 1. The highest BCUT2D eigenvalue weighted by molar-refractivity contribution is 7.89. The molecule has 0 aliphatic carbocycles. The fourth-order valence-corrected chi connectivity index (χ4v) is 3.74. The van der Waals surface area contributed by atoms with E-state index in [0.717, 1.165) is 5.56 Å². The zero-order valence-electron chi connectivity index (χ0n) is 15.9. The van der Waals surface area contributed by atoms with E-state index in [2.05, 4.69) is 4.72 Å². The van der Waals surface area contributed by atoms with Crippen LogP contribution in [-0.4, -0.2) is 41.6 Å². The van der Waals surface area contributed by atoms with Gasteiger partial charge in [0.2, 0.25) is 15.9 Å². The molecule has 0 unspecified atom stereocenters. The minimum Gasteiger partial charge on any atom is -0.497 e. The number of ether oxygens (including phenoxy) is 2. The first-order chi connectivity index (χ1) is 12.8. The summed E-state index contributed by atoms with van der Waals surface area (Å²) < 4.78 is 37.9. The Morgan fingerprint density at radius 3 is 2.44 bits per heavy atom. The van der Waals surface area contributed by atoms with Crippen molar-refractivity contribution in [3.05, 3.63) is 48.0 Å². The molecule has 0 aliphatic rings. The van der Waals surface area contributed by atoms with E-state index >= 15 is 0 Å². The third-order valence-electron chi connectivity index (χ3n) is 3.99. The molecule has 1 N–H and O–H groups in total. The zero-order valence-corrected chi connectivity index (χ0v) is 16.7. The van der Waals surface area contributed by atoms with Crippen LogP contribution in [0.2, 0.25) is 0 Å². The van der Waals surface area contributed by atoms with Gasteiger partial charge in [0.25, 0.3) is 0 Å². The molecule has 0 aliphatic heterocycles. The lowest BCUT2D eigenvalue weighted by molar-refractivity contribution is -0.116. The molecule has 0 spiro atoms. The summed E-state index contributed by atoms with van der Waals surface area (Å²) in [5, 5.41) is 0. The average molecular weight is 392 g/mol. The zero-order chi connectivity index (χ0) is 20.0. The number of methoxy groups -OCH3 is 2. The van der Waals surface area contributed by atoms with Gasteiger partial charge in [0.15, 0.2) is 0 Å². The minimum atomic E-state index is -3.65. The van der Waals surface area contributed by atoms with Crippen LogP contribution in [0.5, 0.6) is 11.5 Å². The first-order valence-electron chi connectivity index (χ1n) is 8.35. The third-order valence-corrected chi connectivity index (χ3v) is 5.44. The molecule has 2 rings (SSSR count). The van der Waals surface area contributed by atoms with Gasteiger partial charge in [-0.1, -0.05) is 12.1 Å². The molecule has 2 aromatic carbocycles. The van der Waals surface area contributed by atoms with Crippen molar-refractivity contribution >= 4 is 21.6 Å². The fraction of sp³-hybridized carbons (Fsp3) is 0.316. The summed E-state index contributed by atoms with van der Waals surface area (Å²) >= 11 is 0. The van der Waals surface area contributed by atoms with Crippen LogP contribution in [0.15, 0.2) is 47.4 Å². The van der Waals surface area contributed by atoms with E-state index in [4.69, 9.17) is 9.47 Å². The number of aryl methyl sites for hydroxylation is 1. The molecular weight excluding hydrogens is 368 g/mol. The molecule has 27 heavy (non-hydrogen) atoms. The second kappa shape index (κ2) is 8.88. The number of amides is 1. The second-order valence-electron chi connectivity index (χ2n) is 5.92. The lowest BCUT2D eigenvalue weighted by atomic mass is 10.2. The van der Waals surface area contributed by atoms with Crippen molar-refractivity contribution in [2.24, 2.45) is 0 Å². The van der Waals surface area contributed by atoms with Crippen LogP contribution in [0.4, 0.5) is 5.69 Å². The van der Waals surface area contributed by atoms with Crippen molar-refractivity contribution in [3.8, 4) is 11.5 Å². The molecule has 0 atom stereocenters. The van der Waals surface area contributed by atoms with Gasteiger partial charge in [0.1, 0.15) is 11.5 Å². The number of nitrogens with one attached hydrogen (secondary N) is 1. The average Bonchev–Trinajstić information content (AvgIpc) is 2.64. The highest BCUT2D eigenvalue weighted by atomic mass is 32.2. The van der Waals surface area contributed by atoms with Gasteiger partial charge in [-0.2, -0.15) is 0 Å². The fourth-order valence-electron chi connectivity index (χ4n) is 2.61. The van der Waals surface area contributed by atoms with Crippen LogP contribution in [0.25, 0.3) is 0 Å². The van der Waals surface area contributed by atoms with Crippen molar-refractivity contribution in [1.82, 2.24) is 4.72 Å². The van der Waals surface area contributed by atoms with Gasteiger partial charge in [-0.15, -0.1) is 0 Å². The first-order valence-corrected chi connectivity index (χ1v) is 9.83. The number of benzene rings is 2. The maximum Gasteiger partial charge on any atom is 0.240 e. The van der Waals surface area contributed by atoms with Crippen molar-refractivity contribution in [2.45, 2.75) is 18.7 Å². The predicted octanol–water partition coefficient (Wildman–Crippen LogP) is 2.34. The molecule has 0 saturated carbocycles. The second-order valence-corrected chi connectivity index (χ2v) is 7.69. The molecule has 0 fully saturated rings. The highest BCUT2D eigenvalue weighted by Crippen LogP contribution is 2.32. The number of rotatable bonds is 8. The van der Waals surface area contributed by atoms with E-state index in [1.54, 1.807) is 30.3 Å². The molecule has 0 saturated heterocycles. The van der Waals surface area contributed by atoms with E-state index in [9.17, 15) is 13.2 Å². The maximum absolute atomic E-state index is 12.4. The maximum atomic E-state index is 12.4. The number of nitrogens with zero attached hydrogens (tertiary/aromatic N) is 1. The highest BCUT2D eigenvalue weighted by Gasteiger charge is 2.19. The van der Waals surface area contributed by atoms with E-state index in [1.807, 2.05) is 13.0 Å². The van der Waals surface area contributed by atoms with Gasteiger partial charge in [-0.05, 0) is 36.8 Å². The quantitative estimate of drug-likeness (QED) is 0.745.